The minimum absolute atomic E-state index is 0.0926. The molecule has 17 heavy (non-hydrogen) atoms. The molecule has 0 spiro atoms. The van der Waals surface area contributed by atoms with E-state index in [2.05, 4.69) is 9.97 Å². The molecule has 1 fully saturated rings. The Kier molecular flexibility index (Phi) is 3.47. The Bertz CT molecular complexity index is 448. The topological polar surface area (TPSA) is 81.0 Å². The monoisotopic (exact) mass is 237 g/mol. The van der Waals surface area contributed by atoms with Crippen LogP contribution in [-0.4, -0.2) is 23.2 Å². The molecule has 0 aliphatic carbocycles. The number of nitrogens with one attached hydrogen (secondary N) is 1. The second kappa shape index (κ2) is 4.87. The fraction of sp³-hybridized carbons (Fsp3) is 0.667. The van der Waals surface area contributed by atoms with Crippen LogP contribution in [0.15, 0.2) is 4.79 Å². The third-order valence-corrected chi connectivity index (χ3v) is 3.19. The van der Waals surface area contributed by atoms with Gasteiger partial charge >= 0.3 is 0 Å². The van der Waals surface area contributed by atoms with Crippen LogP contribution < -0.4 is 11.3 Å². The van der Waals surface area contributed by atoms with Gasteiger partial charge in [-0.25, -0.2) is 4.98 Å². The number of nitrogens with two attached hydrogens (primary N) is 1. The first-order valence-corrected chi connectivity index (χ1v) is 6.07. The van der Waals surface area contributed by atoms with Crippen LogP contribution in [0.4, 0.5) is 5.82 Å². The zero-order valence-corrected chi connectivity index (χ0v) is 10.3. The molecule has 2 heterocycles. The van der Waals surface area contributed by atoms with Crippen molar-refractivity contribution in [2.75, 3.05) is 18.9 Å². The van der Waals surface area contributed by atoms with Gasteiger partial charge in [-0.1, -0.05) is 13.8 Å². The second-order valence-corrected chi connectivity index (χ2v) is 4.79. The molecule has 5 nitrogen and oxygen atoms in total. The summed E-state index contributed by atoms with van der Waals surface area (Å²) in [7, 11) is 0. The predicted octanol–water partition coefficient (Wildman–Crippen LogP) is 1.37. The number of nitrogen functional groups attached to an aromatic ring is 1. The lowest BCUT2D eigenvalue weighted by atomic mass is 9.98. The first kappa shape index (κ1) is 12.1. The molecule has 3 N–H and O–H groups in total. The number of hydrogen-bond donors (Lipinski definition) is 2. The Hall–Kier alpha value is -1.36. The summed E-state index contributed by atoms with van der Waals surface area (Å²) in [5.74, 6) is 1.43. The number of aromatic nitrogens is 2. The van der Waals surface area contributed by atoms with E-state index in [1.54, 1.807) is 0 Å². The molecular weight excluding hydrogens is 218 g/mol. The highest BCUT2D eigenvalue weighted by Gasteiger charge is 2.20. The number of nitrogens with zero attached hydrogens (tertiary/aromatic N) is 1. The second-order valence-electron chi connectivity index (χ2n) is 4.79. The molecule has 1 aromatic rings. The number of H-pyrrole nitrogens is 1. The molecule has 1 aromatic heterocycles. The zero-order chi connectivity index (χ0) is 12.4. The quantitative estimate of drug-likeness (QED) is 0.814. The lowest BCUT2D eigenvalue weighted by Gasteiger charge is -2.21. The molecule has 0 amide bonds. The van der Waals surface area contributed by atoms with Gasteiger partial charge in [0.15, 0.2) is 0 Å². The molecule has 1 aliphatic rings. The van der Waals surface area contributed by atoms with E-state index >= 15 is 0 Å². The smallest absolute Gasteiger partial charge is 0.256 e. The maximum Gasteiger partial charge on any atom is 0.256 e. The minimum atomic E-state index is -0.103. The van der Waals surface area contributed by atoms with Crippen molar-refractivity contribution in [3.05, 3.63) is 21.7 Å². The van der Waals surface area contributed by atoms with E-state index in [1.165, 1.54) is 0 Å². The summed E-state index contributed by atoms with van der Waals surface area (Å²) in [4.78, 5) is 19.1. The van der Waals surface area contributed by atoms with Crippen molar-refractivity contribution in [2.24, 2.45) is 0 Å². The number of rotatable bonds is 2. The van der Waals surface area contributed by atoms with Crippen LogP contribution in [-0.2, 0) is 4.74 Å². The molecule has 0 atom stereocenters. The molecule has 94 valence electrons. The summed E-state index contributed by atoms with van der Waals surface area (Å²) in [6.45, 7) is 5.33. The third-order valence-electron chi connectivity index (χ3n) is 3.19. The number of ether oxygens (including phenoxy) is 1. The summed E-state index contributed by atoms with van der Waals surface area (Å²) in [5.41, 5.74) is 6.35. The Morgan fingerprint density at radius 3 is 2.59 bits per heavy atom. The van der Waals surface area contributed by atoms with E-state index < -0.39 is 0 Å². The average Bonchev–Trinajstić information content (AvgIpc) is 2.28. The third kappa shape index (κ3) is 2.49. The Balaban J connectivity index is 2.34. The van der Waals surface area contributed by atoms with E-state index in [0.29, 0.717) is 17.2 Å². The van der Waals surface area contributed by atoms with E-state index in [4.69, 9.17) is 10.5 Å². The Morgan fingerprint density at radius 1 is 1.41 bits per heavy atom. The van der Waals surface area contributed by atoms with Crippen LogP contribution in [0.3, 0.4) is 0 Å². The zero-order valence-electron chi connectivity index (χ0n) is 10.3. The van der Waals surface area contributed by atoms with Gasteiger partial charge in [0.1, 0.15) is 11.6 Å². The van der Waals surface area contributed by atoms with Crippen molar-refractivity contribution in [2.45, 2.75) is 38.5 Å². The van der Waals surface area contributed by atoms with Gasteiger partial charge in [0.05, 0.1) is 5.56 Å². The van der Waals surface area contributed by atoms with Gasteiger partial charge in [0.2, 0.25) is 0 Å². The van der Waals surface area contributed by atoms with Crippen molar-refractivity contribution >= 4 is 5.82 Å². The van der Waals surface area contributed by atoms with Gasteiger partial charge in [-0.05, 0) is 18.8 Å². The first-order valence-electron chi connectivity index (χ1n) is 6.07. The molecule has 5 heteroatoms. The lowest BCUT2D eigenvalue weighted by Crippen LogP contribution is -2.24. The fourth-order valence-electron chi connectivity index (χ4n) is 2.24. The molecule has 0 saturated carbocycles. The van der Waals surface area contributed by atoms with Gasteiger partial charge in [-0.2, -0.15) is 0 Å². The SMILES string of the molecule is CC(C)c1c(N)nc(C2CCOCC2)[nH]c1=O. The van der Waals surface area contributed by atoms with E-state index in [0.717, 1.165) is 26.1 Å². The standard InChI is InChI=1S/C12H19N3O2/c1-7(2)9-10(13)14-11(15-12(9)16)8-3-5-17-6-4-8/h7-8H,3-6H2,1-2H3,(H3,13,14,15,16). The Morgan fingerprint density at radius 2 is 2.06 bits per heavy atom. The molecule has 2 rings (SSSR count). The summed E-state index contributed by atoms with van der Waals surface area (Å²) in [6, 6.07) is 0. The average molecular weight is 237 g/mol. The highest BCUT2D eigenvalue weighted by molar-refractivity contribution is 5.40. The van der Waals surface area contributed by atoms with E-state index in [9.17, 15) is 4.79 Å². The fourth-order valence-corrected chi connectivity index (χ4v) is 2.24. The summed E-state index contributed by atoms with van der Waals surface area (Å²) < 4.78 is 5.29. The molecule has 1 aliphatic heterocycles. The molecule has 0 unspecified atom stereocenters. The highest BCUT2D eigenvalue weighted by atomic mass is 16.5. The predicted molar refractivity (Wildman–Crippen MR) is 66.2 cm³/mol. The van der Waals surface area contributed by atoms with Crippen molar-refractivity contribution in [3.63, 3.8) is 0 Å². The van der Waals surface area contributed by atoms with Crippen LogP contribution >= 0.6 is 0 Å². The van der Waals surface area contributed by atoms with Crippen LogP contribution in [0.5, 0.6) is 0 Å². The van der Waals surface area contributed by atoms with Gasteiger partial charge in [0.25, 0.3) is 5.56 Å². The van der Waals surface area contributed by atoms with Gasteiger partial charge in [-0.3, -0.25) is 4.79 Å². The van der Waals surface area contributed by atoms with Crippen LogP contribution in [0.2, 0.25) is 0 Å². The molecule has 0 radical (unpaired) electrons. The maximum absolute atomic E-state index is 11.9. The van der Waals surface area contributed by atoms with Crippen LogP contribution in [0, 0.1) is 0 Å². The lowest BCUT2D eigenvalue weighted by molar-refractivity contribution is 0.0835. The molecular formula is C12H19N3O2. The van der Waals surface area contributed by atoms with Crippen molar-refractivity contribution < 1.29 is 4.74 Å². The van der Waals surface area contributed by atoms with Crippen LogP contribution in [0.25, 0.3) is 0 Å². The van der Waals surface area contributed by atoms with E-state index in [-0.39, 0.29) is 17.4 Å². The first-order chi connectivity index (χ1) is 8.09. The molecule has 0 bridgehead atoms. The van der Waals surface area contributed by atoms with Crippen molar-refractivity contribution in [1.29, 1.82) is 0 Å². The van der Waals surface area contributed by atoms with E-state index in [1.807, 2.05) is 13.8 Å². The minimum Gasteiger partial charge on any atom is -0.383 e. The largest absolute Gasteiger partial charge is 0.383 e. The molecule has 0 aromatic carbocycles. The normalized spacial score (nSPS) is 17.6. The summed E-state index contributed by atoms with van der Waals surface area (Å²) in [5, 5.41) is 0. The number of anilines is 1. The van der Waals surface area contributed by atoms with Gasteiger partial charge < -0.3 is 15.5 Å². The van der Waals surface area contributed by atoms with Crippen molar-refractivity contribution in [1.82, 2.24) is 9.97 Å². The number of aromatic amines is 1. The summed E-state index contributed by atoms with van der Waals surface area (Å²) in [6.07, 6.45) is 1.78. The van der Waals surface area contributed by atoms with Gasteiger partial charge in [0, 0.05) is 19.1 Å². The Labute approximate surface area is 100 Å². The maximum atomic E-state index is 11.9. The molecule has 1 saturated heterocycles. The number of hydrogen-bond acceptors (Lipinski definition) is 4. The highest BCUT2D eigenvalue weighted by Crippen LogP contribution is 2.25. The summed E-state index contributed by atoms with van der Waals surface area (Å²) >= 11 is 0. The van der Waals surface area contributed by atoms with Gasteiger partial charge in [-0.15, -0.1) is 0 Å². The van der Waals surface area contributed by atoms with Crippen molar-refractivity contribution in [3.8, 4) is 0 Å². The van der Waals surface area contributed by atoms with Crippen LogP contribution in [0.1, 0.15) is 49.9 Å².